The van der Waals surface area contributed by atoms with Crippen LogP contribution in [0.3, 0.4) is 0 Å². The molecule has 0 aliphatic carbocycles. The van der Waals surface area contributed by atoms with Gasteiger partial charge in [0.15, 0.2) is 0 Å². The van der Waals surface area contributed by atoms with Crippen LogP contribution < -0.4 is 0 Å². The van der Waals surface area contributed by atoms with Gasteiger partial charge < -0.3 is 0 Å². The Bertz CT molecular complexity index is 245. The number of hydrogen-bond acceptors (Lipinski definition) is 0. The second-order valence-corrected chi connectivity index (χ2v) is 2.41. The maximum absolute atomic E-state index is 12.4. The van der Waals surface area contributed by atoms with E-state index in [9.17, 15) is 4.39 Å². The van der Waals surface area contributed by atoms with Crippen molar-refractivity contribution in [3.8, 4) is 0 Å². The first kappa shape index (κ1) is 15.2. The van der Waals surface area contributed by atoms with Gasteiger partial charge in [0, 0.05) is 24.5 Å². The molecule has 1 aromatic rings. The Morgan fingerprint density at radius 3 is 2.33 bits per heavy atom. The molecule has 12 heavy (non-hydrogen) atoms. The first-order valence-electron chi connectivity index (χ1n) is 2.62. The maximum atomic E-state index is 12.4. The number of hydrogen-bond donors (Lipinski definition) is 0. The molecule has 0 N–H and O–H groups in total. The molecule has 0 amide bonds. The van der Waals surface area contributed by atoms with Gasteiger partial charge in [-0.1, -0.05) is 23.5 Å². The quantitative estimate of drug-likeness (QED) is 0.544. The average molecular weight is 324 g/mol. The standard InChI is InChI=1S/C7H4Cl2F.BrH.Zn/c8-4-5-1-2-7(10)6(9)3-5;;/h1-4H;1H;/q-1;;. The fourth-order valence-corrected chi connectivity index (χ4v) is 0.905. The molecular formula is C7H5BrCl2FZn-. The molecule has 1 aromatic carbocycles. The Kier molecular flexibility index (Phi) is 9.04. The van der Waals surface area contributed by atoms with Crippen LogP contribution in [-0.4, -0.2) is 0 Å². The van der Waals surface area contributed by atoms with Gasteiger partial charge in [0.25, 0.3) is 0 Å². The summed E-state index contributed by atoms with van der Waals surface area (Å²) >= 11 is 10.8. The third-order valence-electron chi connectivity index (χ3n) is 1.07. The minimum atomic E-state index is -0.427. The van der Waals surface area contributed by atoms with E-state index in [1.165, 1.54) is 18.0 Å². The summed E-state index contributed by atoms with van der Waals surface area (Å²) in [4.78, 5) is 0. The van der Waals surface area contributed by atoms with Gasteiger partial charge in [0.2, 0.25) is 0 Å². The molecule has 0 atom stereocenters. The summed E-state index contributed by atoms with van der Waals surface area (Å²) in [5, 5.41) is 0.0920. The molecular weight excluding hydrogens is 319 g/mol. The van der Waals surface area contributed by atoms with E-state index in [0.717, 1.165) is 0 Å². The third kappa shape index (κ3) is 4.09. The van der Waals surface area contributed by atoms with Gasteiger partial charge in [0.1, 0.15) is 5.82 Å². The molecule has 0 radical (unpaired) electrons. The summed E-state index contributed by atoms with van der Waals surface area (Å²) < 4.78 is 12.4. The van der Waals surface area contributed by atoms with E-state index in [4.69, 9.17) is 23.2 Å². The first-order chi connectivity index (χ1) is 4.74. The van der Waals surface area contributed by atoms with Crippen LogP contribution in [0.1, 0.15) is 5.56 Å². The SMILES string of the molecule is Br.Fc1ccc([CH-]Cl)cc1Cl.[Zn]. The van der Waals surface area contributed by atoms with Crippen LogP contribution in [0.4, 0.5) is 4.39 Å². The molecule has 0 spiro atoms. The number of halogens is 4. The van der Waals surface area contributed by atoms with Crippen molar-refractivity contribution in [3.63, 3.8) is 0 Å². The van der Waals surface area contributed by atoms with Gasteiger partial charge in [-0.15, -0.1) is 23.0 Å². The fraction of sp³-hybridized carbons (Fsp3) is 0. The van der Waals surface area contributed by atoms with Crippen molar-refractivity contribution < 1.29 is 23.9 Å². The Labute approximate surface area is 104 Å². The molecule has 0 aromatic heterocycles. The molecule has 0 saturated carbocycles. The van der Waals surface area contributed by atoms with Gasteiger partial charge in [-0.2, -0.15) is 23.2 Å². The van der Waals surface area contributed by atoms with E-state index >= 15 is 0 Å². The molecule has 0 unspecified atom stereocenters. The van der Waals surface area contributed by atoms with Crippen LogP contribution in [-0.2, 0) is 19.5 Å². The van der Waals surface area contributed by atoms with Gasteiger partial charge in [-0.3, -0.25) is 0 Å². The predicted molar refractivity (Wildman–Crippen MR) is 51.0 cm³/mol. The van der Waals surface area contributed by atoms with Crippen LogP contribution in [0.5, 0.6) is 0 Å². The molecule has 0 nitrogen and oxygen atoms in total. The Hall–Kier alpha value is 0.703. The van der Waals surface area contributed by atoms with Crippen molar-refractivity contribution in [1.29, 1.82) is 0 Å². The third-order valence-corrected chi connectivity index (χ3v) is 1.61. The minimum absolute atomic E-state index is 0. The van der Waals surface area contributed by atoms with Crippen LogP contribution in [0.25, 0.3) is 0 Å². The summed E-state index contributed by atoms with van der Waals surface area (Å²) in [6.45, 7) is 0. The van der Waals surface area contributed by atoms with E-state index in [0.29, 0.717) is 5.56 Å². The topological polar surface area (TPSA) is 0 Å². The van der Waals surface area contributed by atoms with Gasteiger partial charge in [-0.25, -0.2) is 4.39 Å². The van der Waals surface area contributed by atoms with Crippen molar-refractivity contribution in [2.75, 3.05) is 0 Å². The van der Waals surface area contributed by atoms with E-state index in [1.54, 1.807) is 6.07 Å². The molecule has 0 fully saturated rings. The maximum Gasteiger partial charge on any atom is 0.117 e. The van der Waals surface area contributed by atoms with E-state index in [1.807, 2.05) is 0 Å². The Balaban J connectivity index is 0. The van der Waals surface area contributed by atoms with Crippen molar-refractivity contribution in [2.45, 2.75) is 0 Å². The van der Waals surface area contributed by atoms with Gasteiger partial charge >= 0.3 is 0 Å². The molecule has 5 heteroatoms. The molecule has 0 aliphatic rings. The summed E-state index contributed by atoms with van der Waals surface area (Å²) in [5.41, 5.74) is 0.702. The van der Waals surface area contributed by atoms with Gasteiger partial charge in [-0.05, 0) is 0 Å². The summed E-state index contributed by atoms with van der Waals surface area (Å²) in [6.07, 6.45) is 0. The Morgan fingerprint density at radius 2 is 1.92 bits per heavy atom. The minimum Gasteiger partial charge on any atom is -0.208 e. The van der Waals surface area contributed by atoms with Crippen LogP contribution in [0.15, 0.2) is 18.2 Å². The van der Waals surface area contributed by atoms with Crippen molar-refractivity contribution in [2.24, 2.45) is 0 Å². The summed E-state index contributed by atoms with van der Waals surface area (Å²) in [5.74, 6) is 0.912. The normalized spacial score (nSPS) is 7.92. The zero-order valence-corrected chi connectivity index (χ0v) is 12.3. The van der Waals surface area contributed by atoms with Gasteiger partial charge in [0.05, 0.1) is 0 Å². The monoisotopic (exact) mass is 321 g/mol. The zero-order chi connectivity index (χ0) is 7.56. The predicted octanol–water partition coefficient (Wildman–Crippen LogP) is 3.80. The fourth-order valence-electron chi connectivity index (χ4n) is 0.580. The Morgan fingerprint density at radius 1 is 1.33 bits per heavy atom. The molecule has 0 saturated heterocycles. The van der Waals surface area contributed by atoms with Crippen molar-refractivity contribution in [3.05, 3.63) is 40.5 Å². The summed E-state index contributed by atoms with van der Waals surface area (Å²) in [7, 11) is 0. The van der Waals surface area contributed by atoms with Crippen molar-refractivity contribution in [1.82, 2.24) is 0 Å². The van der Waals surface area contributed by atoms with Crippen LogP contribution >= 0.6 is 40.2 Å². The van der Waals surface area contributed by atoms with Crippen LogP contribution in [0.2, 0.25) is 5.02 Å². The largest absolute Gasteiger partial charge is 0.208 e. The second kappa shape index (κ2) is 7.14. The number of rotatable bonds is 1. The van der Waals surface area contributed by atoms with Crippen LogP contribution in [0, 0.1) is 11.7 Å². The molecule has 1 rings (SSSR count). The summed E-state index contributed by atoms with van der Waals surface area (Å²) in [6, 6.07) is 4.29. The molecule has 0 aliphatic heterocycles. The number of benzene rings is 1. The molecule has 0 heterocycles. The smallest absolute Gasteiger partial charge is 0.117 e. The average Bonchev–Trinajstić information content (AvgIpc) is 1.95. The first-order valence-corrected chi connectivity index (χ1v) is 3.44. The molecule has 0 bridgehead atoms. The van der Waals surface area contributed by atoms with Crippen molar-refractivity contribution >= 4 is 40.2 Å². The van der Waals surface area contributed by atoms with E-state index in [2.05, 4.69) is 0 Å². The second-order valence-electron chi connectivity index (χ2n) is 1.78. The van der Waals surface area contributed by atoms with E-state index in [-0.39, 0.29) is 41.5 Å². The zero-order valence-electron chi connectivity index (χ0n) is 6.06. The van der Waals surface area contributed by atoms with E-state index < -0.39 is 5.82 Å². The molecule has 64 valence electrons.